The highest BCUT2D eigenvalue weighted by molar-refractivity contribution is 14.1. The molecule has 21 heavy (non-hydrogen) atoms. The molecule has 0 amide bonds. The van der Waals surface area contributed by atoms with E-state index < -0.39 is 11.8 Å². The SMILES string of the molecule is CN1C(C)(C)CC(OC(=O)c2cc(I)ccc2F)C1(C)C. The van der Waals surface area contributed by atoms with Crippen molar-refractivity contribution in [2.75, 3.05) is 7.05 Å². The molecule has 116 valence electrons. The maximum Gasteiger partial charge on any atom is 0.341 e. The van der Waals surface area contributed by atoms with Crippen LogP contribution >= 0.6 is 22.6 Å². The van der Waals surface area contributed by atoms with Crippen LogP contribution in [0.25, 0.3) is 0 Å². The Morgan fingerprint density at radius 1 is 1.38 bits per heavy atom. The van der Waals surface area contributed by atoms with Gasteiger partial charge in [-0.05, 0) is 75.5 Å². The number of halogens is 2. The lowest BCUT2D eigenvalue weighted by Crippen LogP contribution is -2.48. The van der Waals surface area contributed by atoms with Gasteiger partial charge in [-0.15, -0.1) is 0 Å². The first-order chi connectivity index (χ1) is 9.55. The predicted octanol–water partition coefficient (Wildman–Crippen LogP) is 3.85. The summed E-state index contributed by atoms with van der Waals surface area (Å²) in [6.45, 7) is 8.33. The van der Waals surface area contributed by atoms with E-state index >= 15 is 0 Å². The number of rotatable bonds is 2. The predicted molar refractivity (Wildman–Crippen MR) is 88.9 cm³/mol. The fourth-order valence-corrected chi connectivity index (χ4v) is 3.36. The molecule has 2 rings (SSSR count). The van der Waals surface area contributed by atoms with Crippen LogP contribution < -0.4 is 0 Å². The normalized spacial score (nSPS) is 24.0. The Labute approximate surface area is 139 Å². The van der Waals surface area contributed by atoms with E-state index in [2.05, 4.69) is 41.3 Å². The highest BCUT2D eigenvalue weighted by Gasteiger charge is 2.51. The smallest absolute Gasteiger partial charge is 0.341 e. The van der Waals surface area contributed by atoms with Gasteiger partial charge in [-0.3, -0.25) is 4.90 Å². The molecule has 1 fully saturated rings. The maximum atomic E-state index is 13.8. The average Bonchev–Trinajstić information content (AvgIpc) is 2.53. The fraction of sp³-hybridized carbons (Fsp3) is 0.562. The van der Waals surface area contributed by atoms with Gasteiger partial charge in [0.05, 0.1) is 11.1 Å². The molecule has 0 N–H and O–H groups in total. The van der Waals surface area contributed by atoms with Crippen LogP contribution in [0.15, 0.2) is 18.2 Å². The van der Waals surface area contributed by atoms with Gasteiger partial charge in [-0.1, -0.05) is 0 Å². The van der Waals surface area contributed by atoms with Crippen molar-refractivity contribution in [1.29, 1.82) is 0 Å². The summed E-state index contributed by atoms with van der Waals surface area (Å²) in [6.07, 6.45) is 0.468. The Kier molecular flexibility index (Phi) is 4.37. The summed E-state index contributed by atoms with van der Waals surface area (Å²) in [7, 11) is 2.03. The van der Waals surface area contributed by atoms with Crippen LogP contribution in [0, 0.1) is 9.39 Å². The van der Waals surface area contributed by atoms with Crippen LogP contribution in [0.3, 0.4) is 0 Å². The lowest BCUT2D eigenvalue weighted by molar-refractivity contribution is 0.00116. The standard InChI is InChI=1S/C16H21FINO2/c1-15(2)9-13(16(3,4)19(15)5)21-14(20)11-8-10(18)6-7-12(11)17/h6-8,13H,9H2,1-5H3. The molecule has 1 heterocycles. The highest BCUT2D eigenvalue weighted by atomic mass is 127. The number of benzene rings is 1. The minimum absolute atomic E-state index is 0.00468. The molecule has 1 saturated heterocycles. The first-order valence-corrected chi connectivity index (χ1v) is 8.03. The second-order valence-electron chi connectivity index (χ2n) is 6.75. The molecule has 0 radical (unpaired) electrons. The lowest BCUT2D eigenvalue weighted by atomic mass is 9.97. The Hall–Kier alpha value is -0.690. The number of hydrogen-bond donors (Lipinski definition) is 0. The number of hydrogen-bond acceptors (Lipinski definition) is 3. The van der Waals surface area contributed by atoms with Gasteiger partial charge in [0.25, 0.3) is 0 Å². The third-order valence-corrected chi connectivity index (χ3v) is 5.31. The Balaban J connectivity index is 2.22. The molecule has 0 spiro atoms. The van der Waals surface area contributed by atoms with Crippen molar-refractivity contribution in [2.24, 2.45) is 0 Å². The summed E-state index contributed by atoms with van der Waals surface area (Å²) in [5.41, 5.74) is -0.333. The van der Waals surface area contributed by atoms with Crippen LogP contribution in [0.1, 0.15) is 44.5 Å². The molecule has 0 saturated carbocycles. The first kappa shape index (κ1) is 16.7. The molecule has 1 atom stereocenters. The lowest BCUT2D eigenvalue weighted by Gasteiger charge is -2.37. The molecule has 3 nitrogen and oxygen atoms in total. The number of likely N-dealkylation sites (tertiary alicyclic amines) is 1. The van der Waals surface area contributed by atoms with Crippen molar-refractivity contribution in [3.8, 4) is 0 Å². The van der Waals surface area contributed by atoms with Crippen molar-refractivity contribution in [3.63, 3.8) is 0 Å². The zero-order chi connectivity index (χ0) is 16.0. The minimum atomic E-state index is -0.588. The monoisotopic (exact) mass is 405 g/mol. The van der Waals surface area contributed by atoms with E-state index in [4.69, 9.17) is 4.74 Å². The summed E-state index contributed by atoms with van der Waals surface area (Å²) in [5, 5.41) is 0. The van der Waals surface area contributed by atoms with Crippen LogP contribution in [0.5, 0.6) is 0 Å². The minimum Gasteiger partial charge on any atom is -0.457 e. The van der Waals surface area contributed by atoms with Crippen molar-refractivity contribution in [3.05, 3.63) is 33.1 Å². The molecular formula is C16H21FINO2. The molecule has 0 bridgehead atoms. The molecule has 1 aromatic carbocycles. The maximum absolute atomic E-state index is 13.8. The summed E-state index contributed by atoms with van der Waals surface area (Å²) in [4.78, 5) is 14.5. The van der Waals surface area contributed by atoms with Gasteiger partial charge in [0, 0.05) is 15.5 Å². The van der Waals surface area contributed by atoms with E-state index in [1.54, 1.807) is 6.07 Å². The molecule has 1 aliphatic heterocycles. The Morgan fingerprint density at radius 3 is 2.52 bits per heavy atom. The van der Waals surface area contributed by atoms with Gasteiger partial charge in [0.2, 0.25) is 0 Å². The van der Waals surface area contributed by atoms with Gasteiger partial charge in [0.1, 0.15) is 11.9 Å². The number of esters is 1. The topological polar surface area (TPSA) is 29.5 Å². The summed E-state index contributed by atoms with van der Waals surface area (Å²) >= 11 is 2.05. The van der Waals surface area contributed by atoms with Crippen molar-refractivity contribution < 1.29 is 13.9 Å². The number of nitrogens with zero attached hydrogens (tertiary/aromatic N) is 1. The van der Waals surface area contributed by atoms with Crippen molar-refractivity contribution >= 4 is 28.6 Å². The molecule has 1 aromatic rings. The third kappa shape index (κ3) is 3.08. The van der Waals surface area contributed by atoms with E-state index in [1.807, 2.05) is 20.9 Å². The second kappa shape index (κ2) is 5.50. The number of likely N-dealkylation sites (N-methyl/N-ethyl adjacent to an activating group) is 1. The zero-order valence-corrected chi connectivity index (χ0v) is 15.2. The highest BCUT2D eigenvalue weighted by Crippen LogP contribution is 2.41. The average molecular weight is 405 g/mol. The molecule has 1 aliphatic rings. The van der Waals surface area contributed by atoms with Gasteiger partial charge in [0.15, 0.2) is 0 Å². The molecule has 0 aliphatic carbocycles. The number of ether oxygens (including phenoxy) is 1. The van der Waals surface area contributed by atoms with E-state index in [1.165, 1.54) is 12.1 Å². The molecule has 1 unspecified atom stereocenters. The summed E-state index contributed by atoms with van der Waals surface area (Å²) in [6, 6.07) is 4.45. The van der Waals surface area contributed by atoms with E-state index in [0.717, 1.165) is 9.99 Å². The van der Waals surface area contributed by atoms with E-state index in [-0.39, 0.29) is 22.7 Å². The fourth-order valence-electron chi connectivity index (χ4n) is 2.87. The molecule has 0 aromatic heterocycles. The largest absolute Gasteiger partial charge is 0.457 e. The summed E-state index contributed by atoms with van der Waals surface area (Å²) in [5.74, 6) is -1.13. The Morgan fingerprint density at radius 2 is 2.00 bits per heavy atom. The molecular weight excluding hydrogens is 384 g/mol. The molecule has 5 heteroatoms. The first-order valence-electron chi connectivity index (χ1n) is 6.95. The van der Waals surface area contributed by atoms with Gasteiger partial charge in [-0.25, -0.2) is 9.18 Å². The van der Waals surface area contributed by atoms with Crippen LogP contribution in [0.4, 0.5) is 4.39 Å². The zero-order valence-electron chi connectivity index (χ0n) is 13.0. The Bertz CT molecular complexity index is 571. The van der Waals surface area contributed by atoms with Crippen molar-refractivity contribution in [2.45, 2.75) is 51.3 Å². The van der Waals surface area contributed by atoms with E-state index in [0.29, 0.717) is 0 Å². The van der Waals surface area contributed by atoms with Gasteiger partial charge < -0.3 is 4.74 Å². The van der Waals surface area contributed by atoms with Crippen LogP contribution in [0.2, 0.25) is 0 Å². The summed E-state index contributed by atoms with van der Waals surface area (Å²) < 4.78 is 20.2. The van der Waals surface area contributed by atoms with Crippen LogP contribution in [-0.2, 0) is 4.74 Å². The number of carbonyl (C=O) groups excluding carboxylic acids is 1. The van der Waals surface area contributed by atoms with Crippen LogP contribution in [-0.4, -0.2) is 35.1 Å². The third-order valence-electron chi connectivity index (χ3n) is 4.64. The quantitative estimate of drug-likeness (QED) is 0.553. The second-order valence-corrected chi connectivity index (χ2v) is 7.99. The van der Waals surface area contributed by atoms with Gasteiger partial charge in [-0.2, -0.15) is 0 Å². The van der Waals surface area contributed by atoms with E-state index in [9.17, 15) is 9.18 Å². The van der Waals surface area contributed by atoms with Gasteiger partial charge >= 0.3 is 5.97 Å². The number of carbonyl (C=O) groups is 1. The van der Waals surface area contributed by atoms with Crippen molar-refractivity contribution in [1.82, 2.24) is 4.90 Å².